The molecule has 0 atom stereocenters. The number of nitrogens with one attached hydrogen (secondary N) is 2. The van der Waals surface area contributed by atoms with Gasteiger partial charge in [-0.05, 0) is 56.3 Å². The van der Waals surface area contributed by atoms with Crippen molar-refractivity contribution < 1.29 is 0 Å². The number of aromatic nitrogens is 5. The molecule has 5 heterocycles. The molecular weight excluding hydrogens is 380 g/mol. The molecule has 2 N–H and O–H groups in total. The van der Waals surface area contributed by atoms with E-state index in [1.807, 2.05) is 23.7 Å². The predicted octanol–water partition coefficient (Wildman–Crippen LogP) is 4.75. The van der Waals surface area contributed by atoms with Gasteiger partial charge in [-0.3, -0.25) is 5.10 Å². The molecule has 0 aromatic carbocycles. The summed E-state index contributed by atoms with van der Waals surface area (Å²) < 4.78 is 2.07. The third kappa shape index (κ3) is 3.28. The maximum Gasteiger partial charge on any atom is 0.141 e. The number of hydrogen-bond donors (Lipinski definition) is 2. The third-order valence-electron chi connectivity index (χ3n) is 5.81. The molecule has 1 aliphatic rings. The van der Waals surface area contributed by atoms with Gasteiger partial charge in [0.2, 0.25) is 0 Å². The molecule has 6 nitrogen and oxygen atoms in total. The lowest BCUT2D eigenvalue weighted by atomic mass is 9.97. The zero-order chi connectivity index (χ0) is 20.0. The van der Waals surface area contributed by atoms with Crippen LogP contribution in [0.5, 0.6) is 0 Å². The number of fused-ring (bicyclic) bond motifs is 1. The van der Waals surface area contributed by atoms with Crippen LogP contribution in [0.4, 0.5) is 0 Å². The second-order valence-corrected chi connectivity index (χ2v) is 9.24. The Kier molecular flexibility index (Phi) is 4.72. The molecule has 1 aliphatic heterocycles. The van der Waals surface area contributed by atoms with Crippen LogP contribution in [0.15, 0.2) is 30.9 Å². The van der Waals surface area contributed by atoms with Gasteiger partial charge in [0.05, 0.1) is 11.4 Å². The Hall–Kier alpha value is -2.51. The number of rotatable bonds is 4. The van der Waals surface area contributed by atoms with Gasteiger partial charge in [0, 0.05) is 40.8 Å². The second kappa shape index (κ2) is 7.39. The zero-order valence-corrected chi connectivity index (χ0v) is 17.9. The fourth-order valence-corrected chi connectivity index (χ4v) is 5.42. The Morgan fingerprint density at radius 2 is 2.03 bits per heavy atom. The van der Waals surface area contributed by atoms with Crippen molar-refractivity contribution in [3.63, 3.8) is 0 Å². The smallest absolute Gasteiger partial charge is 0.141 e. The standard InChI is InChI=1S/C22H26N6S/c1-13(2)18-19(16-10-14(3)21-24-8-9-28(21)12-16)26-27-20(18)22-25-11-17(29-22)15-4-6-23-7-5-15/h8-13,15,23H,4-7H2,1-3H3,(H,26,27). The van der Waals surface area contributed by atoms with Gasteiger partial charge in [-0.25, -0.2) is 9.97 Å². The Morgan fingerprint density at radius 1 is 1.21 bits per heavy atom. The molecule has 0 saturated carbocycles. The van der Waals surface area contributed by atoms with Crippen molar-refractivity contribution in [2.24, 2.45) is 0 Å². The summed E-state index contributed by atoms with van der Waals surface area (Å²) in [5.74, 6) is 0.961. The van der Waals surface area contributed by atoms with Gasteiger partial charge in [-0.15, -0.1) is 11.3 Å². The van der Waals surface area contributed by atoms with E-state index in [9.17, 15) is 0 Å². The summed E-state index contributed by atoms with van der Waals surface area (Å²) in [5.41, 5.74) is 6.54. The number of nitrogens with zero attached hydrogens (tertiary/aromatic N) is 4. The Balaban J connectivity index is 1.57. The normalized spacial score (nSPS) is 15.6. The molecule has 4 aromatic heterocycles. The first kappa shape index (κ1) is 18.5. The maximum absolute atomic E-state index is 4.78. The monoisotopic (exact) mass is 406 g/mol. The van der Waals surface area contributed by atoms with Crippen LogP contribution in [-0.2, 0) is 0 Å². The Labute approximate surface area is 174 Å². The van der Waals surface area contributed by atoms with E-state index in [-0.39, 0.29) is 0 Å². The molecule has 5 rings (SSSR count). The highest BCUT2D eigenvalue weighted by molar-refractivity contribution is 7.15. The quantitative estimate of drug-likeness (QED) is 0.513. The largest absolute Gasteiger partial charge is 0.317 e. The van der Waals surface area contributed by atoms with E-state index < -0.39 is 0 Å². The topological polar surface area (TPSA) is 70.9 Å². The van der Waals surface area contributed by atoms with Gasteiger partial charge < -0.3 is 9.72 Å². The van der Waals surface area contributed by atoms with E-state index >= 15 is 0 Å². The van der Waals surface area contributed by atoms with Crippen molar-refractivity contribution >= 4 is 17.0 Å². The average Bonchev–Trinajstić information content (AvgIpc) is 3.46. The first-order valence-corrected chi connectivity index (χ1v) is 11.1. The summed E-state index contributed by atoms with van der Waals surface area (Å²) in [6.45, 7) is 8.74. The molecule has 29 heavy (non-hydrogen) atoms. The van der Waals surface area contributed by atoms with E-state index in [0.29, 0.717) is 11.8 Å². The minimum absolute atomic E-state index is 0.337. The summed E-state index contributed by atoms with van der Waals surface area (Å²) in [5, 5.41) is 12.5. The fraction of sp³-hybridized carbons (Fsp3) is 0.409. The highest BCUT2D eigenvalue weighted by atomic mass is 32.1. The highest BCUT2D eigenvalue weighted by Crippen LogP contribution is 2.39. The van der Waals surface area contributed by atoms with Crippen LogP contribution in [0.2, 0.25) is 0 Å². The number of piperidine rings is 1. The molecule has 0 amide bonds. The van der Waals surface area contributed by atoms with Crippen molar-refractivity contribution in [3.05, 3.63) is 46.9 Å². The second-order valence-electron chi connectivity index (χ2n) is 8.18. The molecule has 150 valence electrons. The highest BCUT2D eigenvalue weighted by Gasteiger charge is 2.24. The van der Waals surface area contributed by atoms with Gasteiger partial charge in [0.15, 0.2) is 0 Å². The van der Waals surface area contributed by atoms with Crippen LogP contribution in [-0.4, -0.2) is 37.7 Å². The first-order chi connectivity index (χ1) is 14.1. The van der Waals surface area contributed by atoms with Crippen LogP contribution >= 0.6 is 11.3 Å². The van der Waals surface area contributed by atoms with E-state index in [1.54, 1.807) is 0 Å². The van der Waals surface area contributed by atoms with E-state index in [2.05, 4.69) is 59.0 Å². The molecule has 4 aromatic rings. The number of thiazole rings is 1. The van der Waals surface area contributed by atoms with E-state index in [4.69, 9.17) is 10.1 Å². The SMILES string of the molecule is Cc1cc(-c2n[nH]c(-c3ncc(C4CCNCC4)s3)c2C(C)C)cn2ccnc12. The van der Waals surface area contributed by atoms with Gasteiger partial charge >= 0.3 is 0 Å². The van der Waals surface area contributed by atoms with Crippen molar-refractivity contribution in [2.75, 3.05) is 13.1 Å². The van der Waals surface area contributed by atoms with Gasteiger partial charge in [0.25, 0.3) is 0 Å². The summed E-state index contributed by atoms with van der Waals surface area (Å²) in [4.78, 5) is 10.6. The lowest BCUT2D eigenvalue weighted by Gasteiger charge is -2.20. The first-order valence-electron chi connectivity index (χ1n) is 10.3. The number of aryl methyl sites for hydroxylation is 1. The lowest BCUT2D eigenvalue weighted by molar-refractivity contribution is 0.465. The number of imidazole rings is 1. The molecule has 1 saturated heterocycles. The van der Waals surface area contributed by atoms with Crippen molar-refractivity contribution in [1.29, 1.82) is 0 Å². The van der Waals surface area contributed by atoms with Crippen molar-refractivity contribution in [2.45, 2.75) is 45.4 Å². The number of hydrogen-bond acceptors (Lipinski definition) is 5. The van der Waals surface area contributed by atoms with Crippen LogP contribution in [0, 0.1) is 6.92 Å². The molecule has 0 aliphatic carbocycles. The zero-order valence-electron chi connectivity index (χ0n) is 17.1. The van der Waals surface area contributed by atoms with E-state index in [1.165, 1.54) is 23.3 Å². The lowest BCUT2D eigenvalue weighted by Crippen LogP contribution is -2.26. The summed E-state index contributed by atoms with van der Waals surface area (Å²) in [7, 11) is 0. The predicted molar refractivity (Wildman–Crippen MR) is 118 cm³/mol. The van der Waals surface area contributed by atoms with Gasteiger partial charge in [-0.1, -0.05) is 13.8 Å². The molecule has 0 spiro atoms. The fourth-order valence-electron chi connectivity index (χ4n) is 4.33. The van der Waals surface area contributed by atoms with Crippen molar-refractivity contribution in [1.82, 2.24) is 29.9 Å². The Morgan fingerprint density at radius 3 is 2.83 bits per heavy atom. The minimum Gasteiger partial charge on any atom is -0.317 e. The molecule has 0 radical (unpaired) electrons. The van der Waals surface area contributed by atoms with Gasteiger partial charge in [-0.2, -0.15) is 5.10 Å². The van der Waals surface area contributed by atoms with Crippen LogP contribution in [0.3, 0.4) is 0 Å². The summed E-state index contributed by atoms with van der Waals surface area (Å²) >= 11 is 1.81. The molecule has 0 unspecified atom stereocenters. The van der Waals surface area contributed by atoms with E-state index in [0.717, 1.165) is 46.3 Å². The molecule has 0 bridgehead atoms. The average molecular weight is 407 g/mol. The third-order valence-corrected chi connectivity index (χ3v) is 6.98. The van der Waals surface area contributed by atoms with Crippen molar-refractivity contribution in [3.8, 4) is 22.0 Å². The van der Waals surface area contributed by atoms with Gasteiger partial charge in [0.1, 0.15) is 10.7 Å². The van der Waals surface area contributed by atoms with Crippen LogP contribution in [0.1, 0.15) is 54.5 Å². The molecular formula is C22H26N6S. The molecule has 1 fully saturated rings. The summed E-state index contributed by atoms with van der Waals surface area (Å²) in [6.07, 6.45) is 10.4. The number of aromatic amines is 1. The van der Waals surface area contributed by atoms with Crippen LogP contribution < -0.4 is 5.32 Å². The maximum atomic E-state index is 4.78. The summed E-state index contributed by atoms with van der Waals surface area (Å²) in [6, 6.07) is 2.18. The van der Waals surface area contributed by atoms with Crippen LogP contribution in [0.25, 0.3) is 27.6 Å². The number of H-pyrrole nitrogens is 1. The molecule has 7 heteroatoms. The number of pyridine rings is 1. The minimum atomic E-state index is 0.337. The Bertz CT molecular complexity index is 1150.